The molecule has 4 nitrogen and oxygen atoms in total. The van der Waals surface area contributed by atoms with E-state index in [9.17, 15) is 14.0 Å². The Hall–Kier alpha value is -2.03. The van der Waals surface area contributed by atoms with Crippen LogP contribution in [-0.4, -0.2) is 32.7 Å². The third-order valence-electron chi connectivity index (χ3n) is 3.26. The van der Waals surface area contributed by atoms with Gasteiger partial charge >= 0.3 is 5.97 Å². The van der Waals surface area contributed by atoms with Gasteiger partial charge in [0.15, 0.2) is 0 Å². The Bertz CT molecular complexity index is 861. The van der Waals surface area contributed by atoms with Gasteiger partial charge < -0.3 is 5.11 Å². The molecular formula is C16H10FNO3S3. The highest BCUT2D eigenvalue weighted by atomic mass is 32.2. The van der Waals surface area contributed by atoms with Gasteiger partial charge in [0.05, 0.1) is 4.91 Å². The summed E-state index contributed by atoms with van der Waals surface area (Å²) in [6.45, 7) is -0.498. The molecule has 122 valence electrons. The first kappa shape index (κ1) is 16.8. The van der Waals surface area contributed by atoms with E-state index < -0.39 is 24.2 Å². The second kappa shape index (κ2) is 6.84. The molecule has 0 radical (unpaired) electrons. The van der Waals surface area contributed by atoms with Crippen molar-refractivity contribution in [2.75, 3.05) is 6.54 Å². The fourth-order valence-corrected chi connectivity index (χ4v) is 4.12. The quantitative estimate of drug-likeness (QED) is 0.646. The highest BCUT2D eigenvalue weighted by Crippen LogP contribution is 2.33. The molecule has 1 aliphatic heterocycles. The lowest BCUT2D eigenvalue weighted by Gasteiger charge is -2.10. The van der Waals surface area contributed by atoms with Crippen LogP contribution in [0.25, 0.3) is 16.5 Å². The molecule has 0 bridgehead atoms. The fourth-order valence-electron chi connectivity index (χ4n) is 2.15. The molecule has 0 saturated carbocycles. The molecule has 0 spiro atoms. The Morgan fingerprint density at radius 3 is 2.79 bits per heavy atom. The number of thioether (sulfide) groups is 1. The summed E-state index contributed by atoms with van der Waals surface area (Å²) in [7, 11) is 0. The SMILES string of the molecule is O=C(O)CN1C(=O)/C(=C/c2ccc(-c3cccs3)cc2F)SC1=S. The van der Waals surface area contributed by atoms with Gasteiger partial charge in [0.2, 0.25) is 0 Å². The third kappa shape index (κ3) is 3.40. The number of carboxylic acids is 1. The maximum atomic E-state index is 14.3. The van der Waals surface area contributed by atoms with E-state index in [0.717, 1.165) is 27.1 Å². The zero-order chi connectivity index (χ0) is 17.3. The topological polar surface area (TPSA) is 57.6 Å². The summed E-state index contributed by atoms with van der Waals surface area (Å²) < 4.78 is 14.5. The Labute approximate surface area is 150 Å². The zero-order valence-corrected chi connectivity index (χ0v) is 14.5. The number of halogens is 1. The number of carbonyl (C=O) groups is 2. The van der Waals surface area contributed by atoms with Crippen LogP contribution in [0.1, 0.15) is 5.56 Å². The van der Waals surface area contributed by atoms with E-state index >= 15 is 0 Å². The second-order valence-electron chi connectivity index (χ2n) is 4.88. The van der Waals surface area contributed by atoms with Gasteiger partial charge in [-0.05, 0) is 29.2 Å². The number of carbonyl (C=O) groups excluding carboxylic acids is 1. The highest BCUT2D eigenvalue weighted by molar-refractivity contribution is 8.26. The summed E-state index contributed by atoms with van der Waals surface area (Å²) in [5, 5.41) is 10.7. The number of aliphatic carboxylic acids is 1. The van der Waals surface area contributed by atoms with Crippen LogP contribution in [-0.2, 0) is 9.59 Å². The number of carboxylic acid groups (broad SMARTS) is 1. The molecule has 1 aliphatic rings. The van der Waals surface area contributed by atoms with Crippen molar-refractivity contribution in [3.8, 4) is 10.4 Å². The third-order valence-corrected chi connectivity index (χ3v) is 5.56. The van der Waals surface area contributed by atoms with E-state index in [0.29, 0.717) is 0 Å². The first-order valence-electron chi connectivity index (χ1n) is 6.76. The smallest absolute Gasteiger partial charge is 0.323 e. The number of hydrogen-bond donors (Lipinski definition) is 1. The summed E-state index contributed by atoms with van der Waals surface area (Å²) in [6.07, 6.45) is 1.40. The molecule has 0 unspecified atom stereocenters. The second-order valence-corrected chi connectivity index (χ2v) is 7.50. The highest BCUT2D eigenvalue weighted by Gasteiger charge is 2.33. The van der Waals surface area contributed by atoms with Crippen LogP contribution >= 0.6 is 35.3 Å². The van der Waals surface area contributed by atoms with Gasteiger partial charge in [-0.2, -0.15) is 0 Å². The number of amides is 1. The molecule has 1 aromatic carbocycles. The number of benzene rings is 1. The number of nitrogens with zero attached hydrogens (tertiary/aromatic N) is 1. The molecular weight excluding hydrogens is 369 g/mol. The minimum Gasteiger partial charge on any atom is -0.480 e. The van der Waals surface area contributed by atoms with E-state index in [1.54, 1.807) is 12.1 Å². The van der Waals surface area contributed by atoms with Gasteiger partial charge in [0.25, 0.3) is 5.91 Å². The average Bonchev–Trinajstić information content (AvgIpc) is 3.14. The molecule has 3 rings (SSSR count). The summed E-state index contributed by atoms with van der Waals surface area (Å²) in [5.41, 5.74) is 1.02. The van der Waals surface area contributed by atoms with Crippen LogP contribution in [0.3, 0.4) is 0 Å². The lowest BCUT2D eigenvalue weighted by Crippen LogP contribution is -2.33. The van der Waals surface area contributed by atoms with Crippen LogP contribution in [0.15, 0.2) is 40.6 Å². The summed E-state index contributed by atoms with van der Waals surface area (Å²) in [5.74, 6) is -2.13. The van der Waals surface area contributed by atoms with Gasteiger partial charge in [-0.3, -0.25) is 14.5 Å². The lowest BCUT2D eigenvalue weighted by atomic mass is 10.1. The molecule has 2 heterocycles. The van der Waals surface area contributed by atoms with Gasteiger partial charge in [-0.15, -0.1) is 11.3 Å². The van der Waals surface area contributed by atoms with Gasteiger partial charge in [-0.25, -0.2) is 4.39 Å². The van der Waals surface area contributed by atoms with Crippen LogP contribution in [0.2, 0.25) is 0 Å². The number of hydrogen-bond acceptors (Lipinski definition) is 5. The minimum atomic E-state index is -1.15. The molecule has 24 heavy (non-hydrogen) atoms. The van der Waals surface area contributed by atoms with Crippen LogP contribution in [0.5, 0.6) is 0 Å². The van der Waals surface area contributed by atoms with Crippen molar-refractivity contribution in [3.63, 3.8) is 0 Å². The Balaban J connectivity index is 1.88. The summed E-state index contributed by atoms with van der Waals surface area (Å²) in [6, 6.07) is 8.57. The number of thiophene rings is 1. The molecule has 1 saturated heterocycles. The van der Waals surface area contributed by atoms with Gasteiger partial charge in [-0.1, -0.05) is 42.2 Å². The van der Waals surface area contributed by atoms with Crippen molar-refractivity contribution in [2.24, 2.45) is 0 Å². The molecule has 8 heteroatoms. The summed E-state index contributed by atoms with van der Waals surface area (Å²) in [4.78, 5) is 25.1. The van der Waals surface area contributed by atoms with Crippen molar-refractivity contribution in [1.82, 2.24) is 4.90 Å². The van der Waals surface area contributed by atoms with Gasteiger partial charge in [0.1, 0.15) is 16.7 Å². The Kier molecular flexibility index (Phi) is 4.79. The van der Waals surface area contributed by atoms with Crippen molar-refractivity contribution < 1.29 is 19.1 Å². The molecule has 1 N–H and O–H groups in total. The van der Waals surface area contributed by atoms with Crippen molar-refractivity contribution in [3.05, 3.63) is 52.0 Å². The van der Waals surface area contributed by atoms with Crippen molar-refractivity contribution in [2.45, 2.75) is 0 Å². The number of thiocarbonyl (C=S) groups is 1. The first-order chi connectivity index (χ1) is 11.5. The lowest BCUT2D eigenvalue weighted by molar-refractivity contribution is -0.140. The maximum absolute atomic E-state index is 14.3. The minimum absolute atomic E-state index is 0.157. The van der Waals surface area contributed by atoms with E-state index in [1.807, 2.05) is 17.5 Å². The Morgan fingerprint density at radius 1 is 1.38 bits per heavy atom. The number of rotatable bonds is 4. The molecule has 1 aromatic heterocycles. The van der Waals surface area contributed by atoms with Crippen LogP contribution < -0.4 is 0 Å². The fraction of sp³-hybridized carbons (Fsp3) is 0.0625. The molecule has 0 atom stereocenters. The molecule has 1 amide bonds. The van der Waals surface area contributed by atoms with E-state index in [2.05, 4.69) is 0 Å². The molecule has 1 fully saturated rings. The average molecular weight is 379 g/mol. The maximum Gasteiger partial charge on any atom is 0.323 e. The predicted octanol–water partition coefficient (Wildman–Crippen LogP) is 3.84. The first-order valence-corrected chi connectivity index (χ1v) is 8.87. The monoisotopic (exact) mass is 379 g/mol. The van der Waals surface area contributed by atoms with E-state index in [1.165, 1.54) is 23.5 Å². The van der Waals surface area contributed by atoms with Crippen LogP contribution in [0, 0.1) is 5.82 Å². The zero-order valence-electron chi connectivity index (χ0n) is 12.1. The normalized spacial score (nSPS) is 16.2. The van der Waals surface area contributed by atoms with E-state index in [-0.39, 0.29) is 14.8 Å². The molecule has 2 aromatic rings. The standard InChI is InChI=1S/C16H10FNO3S3/c17-11-6-10(12-2-1-5-23-12)4-3-9(11)7-13-15(21)18(8-14(19)20)16(22)24-13/h1-7H,8H2,(H,19,20)/b13-7-. The van der Waals surface area contributed by atoms with E-state index in [4.69, 9.17) is 17.3 Å². The molecule has 0 aliphatic carbocycles. The summed E-state index contributed by atoms with van der Waals surface area (Å²) >= 11 is 7.49. The van der Waals surface area contributed by atoms with Crippen LogP contribution in [0.4, 0.5) is 4.39 Å². The van der Waals surface area contributed by atoms with Gasteiger partial charge in [0, 0.05) is 10.4 Å². The predicted molar refractivity (Wildman–Crippen MR) is 97.2 cm³/mol. The largest absolute Gasteiger partial charge is 0.480 e. The Morgan fingerprint density at radius 2 is 2.17 bits per heavy atom. The van der Waals surface area contributed by atoms with Crippen molar-refractivity contribution in [1.29, 1.82) is 0 Å². The van der Waals surface area contributed by atoms with Crippen molar-refractivity contribution >= 4 is 57.6 Å².